The Hall–Kier alpha value is -0.130. The van der Waals surface area contributed by atoms with Crippen LogP contribution >= 0.6 is 27.7 Å². The van der Waals surface area contributed by atoms with Crippen molar-refractivity contribution in [3.8, 4) is 0 Å². The third-order valence-corrected chi connectivity index (χ3v) is 3.57. The maximum absolute atomic E-state index is 13.6. The second kappa shape index (κ2) is 5.82. The van der Waals surface area contributed by atoms with Gasteiger partial charge in [0.05, 0.1) is 4.47 Å². The van der Waals surface area contributed by atoms with Gasteiger partial charge in [-0.2, -0.15) is 11.8 Å². The molecule has 0 fully saturated rings. The summed E-state index contributed by atoms with van der Waals surface area (Å²) >= 11 is 4.57. The lowest BCUT2D eigenvalue weighted by molar-refractivity contribution is 0.534. The number of thioether (sulfide) groups is 1. The molecule has 84 valence electrons. The molecule has 1 unspecified atom stereocenters. The molecule has 1 aromatic carbocycles. The third-order valence-electron chi connectivity index (χ3n) is 1.95. The van der Waals surface area contributed by atoms with Crippen molar-refractivity contribution < 1.29 is 8.78 Å². The van der Waals surface area contributed by atoms with Gasteiger partial charge in [0.25, 0.3) is 0 Å². The van der Waals surface area contributed by atoms with Gasteiger partial charge in [-0.15, -0.1) is 0 Å². The Morgan fingerprint density at radius 1 is 1.47 bits per heavy atom. The molecule has 0 spiro atoms. The topological polar surface area (TPSA) is 26.0 Å². The fourth-order valence-electron chi connectivity index (χ4n) is 1.21. The molecule has 0 aliphatic heterocycles. The second-order valence-electron chi connectivity index (χ2n) is 3.02. The largest absolute Gasteiger partial charge is 0.323 e. The van der Waals surface area contributed by atoms with Gasteiger partial charge < -0.3 is 5.73 Å². The van der Waals surface area contributed by atoms with Crippen LogP contribution in [0.4, 0.5) is 8.78 Å². The monoisotopic (exact) mass is 295 g/mol. The fourth-order valence-corrected chi connectivity index (χ4v) is 2.21. The number of halogens is 3. The average molecular weight is 296 g/mol. The summed E-state index contributed by atoms with van der Waals surface area (Å²) in [6.45, 7) is 1.98. The first-order valence-electron chi connectivity index (χ1n) is 4.54. The van der Waals surface area contributed by atoms with Crippen LogP contribution < -0.4 is 5.73 Å². The van der Waals surface area contributed by atoms with Crippen molar-refractivity contribution >= 4 is 27.7 Å². The molecule has 15 heavy (non-hydrogen) atoms. The Kier molecular flexibility index (Phi) is 5.02. The lowest BCUT2D eigenvalue weighted by Gasteiger charge is -2.13. The van der Waals surface area contributed by atoms with Crippen molar-refractivity contribution in [2.45, 2.75) is 13.0 Å². The highest BCUT2D eigenvalue weighted by molar-refractivity contribution is 9.10. The minimum atomic E-state index is -0.604. The predicted molar refractivity (Wildman–Crippen MR) is 64.0 cm³/mol. The molecule has 0 aromatic heterocycles. The summed E-state index contributed by atoms with van der Waals surface area (Å²) in [5.41, 5.74) is 5.69. The van der Waals surface area contributed by atoms with E-state index in [1.165, 1.54) is 12.1 Å². The van der Waals surface area contributed by atoms with Crippen LogP contribution in [0.25, 0.3) is 0 Å². The van der Waals surface area contributed by atoms with E-state index >= 15 is 0 Å². The Labute approximate surface area is 101 Å². The molecule has 1 rings (SSSR count). The smallest absolute Gasteiger partial charge is 0.145 e. The Morgan fingerprint density at radius 2 is 2.13 bits per heavy atom. The Morgan fingerprint density at radius 3 is 2.73 bits per heavy atom. The molecule has 2 N–H and O–H groups in total. The van der Waals surface area contributed by atoms with Crippen LogP contribution in [0.3, 0.4) is 0 Å². The number of rotatable bonds is 4. The number of hydrogen-bond donors (Lipinski definition) is 1. The van der Waals surface area contributed by atoms with E-state index < -0.39 is 17.7 Å². The van der Waals surface area contributed by atoms with E-state index in [2.05, 4.69) is 15.9 Å². The summed E-state index contributed by atoms with van der Waals surface area (Å²) < 4.78 is 27.2. The third kappa shape index (κ3) is 3.16. The van der Waals surface area contributed by atoms with Crippen molar-refractivity contribution in [2.24, 2.45) is 5.73 Å². The van der Waals surface area contributed by atoms with Gasteiger partial charge in [0.15, 0.2) is 0 Å². The van der Waals surface area contributed by atoms with E-state index in [1.54, 1.807) is 11.8 Å². The van der Waals surface area contributed by atoms with Gasteiger partial charge in [0.1, 0.15) is 11.6 Å². The minimum absolute atomic E-state index is 0.0367. The van der Waals surface area contributed by atoms with Gasteiger partial charge >= 0.3 is 0 Å². The molecule has 1 aromatic rings. The van der Waals surface area contributed by atoms with E-state index in [-0.39, 0.29) is 10.0 Å². The molecular formula is C10H12BrF2NS. The molecule has 0 heterocycles. The SMILES string of the molecule is CCSCC(N)c1c(F)ccc(Br)c1F. The molecule has 0 saturated carbocycles. The maximum Gasteiger partial charge on any atom is 0.145 e. The van der Waals surface area contributed by atoms with Gasteiger partial charge in [-0.1, -0.05) is 6.92 Å². The Bertz CT molecular complexity index is 346. The summed E-state index contributed by atoms with van der Waals surface area (Å²) in [6, 6.07) is 1.96. The van der Waals surface area contributed by atoms with Gasteiger partial charge in [-0.3, -0.25) is 0 Å². The molecule has 0 aliphatic rings. The summed E-state index contributed by atoms with van der Waals surface area (Å²) in [4.78, 5) is 0. The maximum atomic E-state index is 13.6. The van der Waals surface area contributed by atoms with Crippen molar-refractivity contribution in [3.05, 3.63) is 33.8 Å². The highest BCUT2D eigenvalue weighted by atomic mass is 79.9. The van der Waals surface area contributed by atoms with Gasteiger partial charge in [-0.25, -0.2) is 8.78 Å². The lowest BCUT2D eigenvalue weighted by Crippen LogP contribution is -2.17. The normalized spacial score (nSPS) is 12.9. The first kappa shape index (κ1) is 12.9. The summed E-state index contributed by atoms with van der Waals surface area (Å²) in [6.07, 6.45) is 0. The molecular weight excluding hydrogens is 284 g/mol. The quantitative estimate of drug-likeness (QED) is 0.861. The molecule has 0 radical (unpaired) electrons. The molecule has 0 saturated heterocycles. The Balaban J connectivity index is 2.96. The lowest BCUT2D eigenvalue weighted by atomic mass is 10.1. The van der Waals surface area contributed by atoms with Crippen LogP contribution in [0.5, 0.6) is 0 Å². The first-order valence-corrected chi connectivity index (χ1v) is 6.49. The highest BCUT2D eigenvalue weighted by Crippen LogP contribution is 2.27. The summed E-state index contributed by atoms with van der Waals surface area (Å²) in [7, 11) is 0. The van der Waals surface area contributed by atoms with Crippen molar-refractivity contribution in [3.63, 3.8) is 0 Å². The highest BCUT2D eigenvalue weighted by Gasteiger charge is 2.18. The van der Waals surface area contributed by atoms with E-state index in [4.69, 9.17) is 5.73 Å². The van der Waals surface area contributed by atoms with Crippen molar-refractivity contribution in [2.75, 3.05) is 11.5 Å². The molecule has 5 heteroatoms. The average Bonchev–Trinajstić information content (AvgIpc) is 2.21. The van der Waals surface area contributed by atoms with Crippen LogP contribution in [0.2, 0.25) is 0 Å². The van der Waals surface area contributed by atoms with Crippen LogP contribution in [0.15, 0.2) is 16.6 Å². The number of nitrogens with two attached hydrogens (primary N) is 1. The van der Waals surface area contributed by atoms with Gasteiger partial charge in [-0.05, 0) is 33.8 Å². The summed E-state index contributed by atoms with van der Waals surface area (Å²) in [5.74, 6) is 0.213. The standard InChI is InChI=1S/C10H12BrF2NS/c1-2-15-5-8(14)9-7(12)4-3-6(11)10(9)13/h3-4,8H,2,5,14H2,1H3. The van der Waals surface area contributed by atoms with Gasteiger partial charge in [0, 0.05) is 17.4 Å². The van der Waals surface area contributed by atoms with E-state index in [0.717, 1.165) is 5.75 Å². The molecule has 0 aliphatic carbocycles. The predicted octanol–water partition coefficient (Wildman–Crippen LogP) is 3.48. The number of benzene rings is 1. The van der Waals surface area contributed by atoms with Crippen molar-refractivity contribution in [1.29, 1.82) is 0 Å². The van der Waals surface area contributed by atoms with Crippen LogP contribution in [0.1, 0.15) is 18.5 Å². The fraction of sp³-hybridized carbons (Fsp3) is 0.400. The zero-order valence-electron chi connectivity index (χ0n) is 8.27. The molecule has 1 nitrogen and oxygen atoms in total. The van der Waals surface area contributed by atoms with E-state index in [9.17, 15) is 8.78 Å². The van der Waals surface area contributed by atoms with Crippen molar-refractivity contribution in [1.82, 2.24) is 0 Å². The van der Waals surface area contributed by atoms with Gasteiger partial charge in [0.2, 0.25) is 0 Å². The van der Waals surface area contributed by atoms with Crippen LogP contribution in [-0.4, -0.2) is 11.5 Å². The van der Waals surface area contributed by atoms with E-state index in [1.807, 2.05) is 6.92 Å². The minimum Gasteiger partial charge on any atom is -0.323 e. The molecule has 0 amide bonds. The molecule has 1 atom stereocenters. The molecule has 0 bridgehead atoms. The zero-order valence-corrected chi connectivity index (χ0v) is 10.7. The second-order valence-corrected chi connectivity index (χ2v) is 5.20. The zero-order chi connectivity index (χ0) is 11.4. The van der Waals surface area contributed by atoms with Crippen LogP contribution in [0, 0.1) is 11.6 Å². The first-order chi connectivity index (χ1) is 7.07. The van der Waals surface area contributed by atoms with Crippen LogP contribution in [-0.2, 0) is 0 Å². The number of hydrogen-bond acceptors (Lipinski definition) is 2. The van der Waals surface area contributed by atoms with E-state index in [0.29, 0.717) is 5.75 Å². The summed E-state index contributed by atoms with van der Waals surface area (Å²) in [5, 5.41) is 0.